The molecule has 0 bridgehead atoms. The Morgan fingerprint density at radius 2 is 1.69 bits per heavy atom. The van der Waals surface area contributed by atoms with Gasteiger partial charge in [-0.1, -0.05) is 0 Å². The minimum Gasteiger partial charge on any atom is -0.477 e. The van der Waals surface area contributed by atoms with Gasteiger partial charge in [0.25, 0.3) is 11.8 Å². The van der Waals surface area contributed by atoms with Crippen molar-refractivity contribution in [3.05, 3.63) is 18.3 Å². The van der Waals surface area contributed by atoms with Crippen molar-refractivity contribution in [3.8, 4) is 11.8 Å². The molecule has 0 aliphatic heterocycles. The first kappa shape index (κ1) is 12.1. The summed E-state index contributed by atoms with van der Waals surface area (Å²) in [6, 6.07) is 3.61. The van der Waals surface area contributed by atoms with Gasteiger partial charge in [-0.15, -0.1) is 0 Å². The van der Waals surface area contributed by atoms with E-state index in [1.807, 2.05) is 6.07 Å². The number of methoxy groups -OCH3 is 2. The Hall–Kier alpha value is -1.95. The molecule has 0 aliphatic rings. The lowest BCUT2D eigenvalue weighted by Crippen LogP contribution is -1.97. The Balaban J connectivity index is 0.000000606. The Morgan fingerprint density at radius 3 is 2.31 bits per heavy atom. The smallest absolute Gasteiger partial charge is 0.279 e. The fourth-order valence-corrected chi connectivity index (χ4v) is 1.13. The maximum absolute atomic E-state index is 5.02. The van der Waals surface area contributed by atoms with E-state index < -0.39 is 0 Å². The summed E-state index contributed by atoms with van der Waals surface area (Å²) < 4.78 is 10.0. The molecule has 0 spiro atoms. The molecule has 2 rings (SSSR count). The average molecular weight is 222 g/mol. The molecule has 16 heavy (non-hydrogen) atoms. The molecule has 0 saturated heterocycles. The van der Waals surface area contributed by atoms with Crippen LogP contribution in [0.1, 0.15) is 0 Å². The van der Waals surface area contributed by atoms with E-state index in [0.29, 0.717) is 22.9 Å². The van der Waals surface area contributed by atoms with Gasteiger partial charge in [-0.05, 0) is 19.2 Å². The van der Waals surface area contributed by atoms with Crippen molar-refractivity contribution < 1.29 is 9.47 Å². The minimum atomic E-state index is 0.346. The SMILES string of the molecule is CN.COc1nc2cccnc2nc1OC. The van der Waals surface area contributed by atoms with Crippen LogP contribution < -0.4 is 15.2 Å². The van der Waals surface area contributed by atoms with Crippen molar-refractivity contribution in [1.82, 2.24) is 15.0 Å². The standard InChI is InChI=1S/C9H9N3O2.CH5N/c1-13-8-9(14-2)12-7-6(11-8)4-3-5-10-7;1-2/h3-5H,1-2H3;2H2,1H3. The van der Waals surface area contributed by atoms with Crippen LogP contribution in [-0.2, 0) is 0 Å². The van der Waals surface area contributed by atoms with Crippen molar-refractivity contribution in [2.75, 3.05) is 21.3 Å². The second-order valence-corrected chi connectivity index (χ2v) is 2.59. The van der Waals surface area contributed by atoms with Crippen LogP contribution in [0, 0.1) is 0 Å². The van der Waals surface area contributed by atoms with E-state index in [4.69, 9.17) is 9.47 Å². The molecule has 2 aromatic rings. The Kier molecular flexibility index (Phi) is 4.41. The quantitative estimate of drug-likeness (QED) is 0.801. The number of nitrogens with two attached hydrogens (primary N) is 1. The zero-order chi connectivity index (χ0) is 12.0. The van der Waals surface area contributed by atoms with Gasteiger partial charge in [0.15, 0.2) is 5.65 Å². The lowest BCUT2D eigenvalue weighted by Gasteiger charge is -2.05. The predicted octanol–water partition coefficient (Wildman–Crippen LogP) is 0.617. The van der Waals surface area contributed by atoms with E-state index in [2.05, 4.69) is 20.7 Å². The molecule has 6 nitrogen and oxygen atoms in total. The van der Waals surface area contributed by atoms with E-state index in [1.165, 1.54) is 21.3 Å². The summed E-state index contributed by atoms with van der Waals surface area (Å²) in [5, 5.41) is 0. The van der Waals surface area contributed by atoms with Crippen molar-refractivity contribution in [2.45, 2.75) is 0 Å². The molecule has 86 valence electrons. The number of ether oxygens (including phenoxy) is 2. The van der Waals surface area contributed by atoms with Crippen LogP contribution in [0.5, 0.6) is 11.8 Å². The third-order valence-corrected chi connectivity index (χ3v) is 1.77. The molecular weight excluding hydrogens is 208 g/mol. The van der Waals surface area contributed by atoms with E-state index in [1.54, 1.807) is 12.3 Å². The highest BCUT2D eigenvalue weighted by atomic mass is 16.5. The molecule has 0 radical (unpaired) electrons. The van der Waals surface area contributed by atoms with Crippen molar-refractivity contribution in [1.29, 1.82) is 0 Å². The second-order valence-electron chi connectivity index (χ2n) is 2.59. The molecule has 2 N–H and O–H groups in total. The third kappa shape index (κ3) is 2.34. The minimum absolute atomic E-state index is 0.346. The third-order valence-electron chi connectivity index (χ3n) is 1.77. The maximum Gasteiger partial charge on any atom is 0.279 e. The van der Waals surface area contributed by atoms with Gasteiger partial charge in [-0.3, -0.25) is 0 Å². The number of hydrogen-bond donors (Lipinski definition) is 1. The van der Waals surface area contributed by atoms with Gasteiger partial charge in [0, 0.05) is 6.20 Å². The summed E-state index contributed by atoms with van der Waals surface area (Å²) in [7, 11) is 4.54. The molecule has 0 amide bonds. The zero-order valence-electron chi connectivity index (χ0n) is 9.47. The number of nitrogens with zero attached hydrogens (tertiary/aromatic N) is 3. The molecule has 0 fully saturated rings. The van der Waals surface area contributed by atoms with Crippen molar-refractivity contribution >= 4 is 11.2 Å². The van der Waals surface area contributed by atoms with Gasteiger partial charge < -0.3 is 15.2 Å². The summed E-state index contributed by atoms with van der Waals surface area (Å²) in [4.78, 5) is 12.4. The van der Waals surface area contributed by atoms with E-state index in [9.17, 15) is 0 Å². The van der Waals surface area contributed by atoms with Gasteiger partial charge in [0.2, 0.25) is 0 Å². The first-order valence-electron chi connectivity index (χ1n) is 4.63. The molecule has 0 aliphatic carbocycles. The van der Waals surface area contributed by atoms with E-state index in [0.717, 1.165) is 0 Å². The molecule has 0 atom stereocenters. The summed E-state index contributed by atoms with van der Waals surface area (Å²) >= 11 is 0. The number of hydrogen-bond acceptors (Lipinski definition) is 6. The number of aromatic nitrogens is 3. The largest absolute Gasteiger partial charge is 0.477 e. The van der Waals surface area contributed by atoms with Crippen molar-refractivity contribution in [2.24, 2.45) is 5.73 Å². The number of pyridine rings is 1. The highest BCUT2D eigenvalue weighted by Gasteiger charge is 2.09. The molecule has 2 heterocycles. The van der Waals surface area contributed by atoms with Gasteiger partial charge in [-0.25, -0.2) is 9.97 Å². The van der Waals surface area contributed by atoms with Crippen LogP contribution >= 0.6 is 0 Å². The Bertz CT molecular complexity index is 419. The Morgan fingerprint density at radius 1 is 1.06 bits per heavy atom. The summed E-state index contributed by atoms with van der Waals surface area (Å²) in [5.74, 6) is 0.715. The zero-order valence-corrected chi connectivity index (χ0v) is 9.47. The topological polar surface area (TPSA) is 83.2 Å². The molecule has 2 aromatic heterocycles. The maximum atomic E-state index is 5.02. The van der Waals surface area contributed by atoms with Crippen LogP contribution in [0.3, 0.4) is 0 Å². The first-order valence-corrected chi connectivity index (χ1v) is 4.63. The fourth-order valence-electron chi connectivity index (χ4n) is 1.13. The monoisotopic (exact) mass is 222 g/mol. The van der Waals surface area contributed by atoms with Crippen LogP contribution in [-0.4, -0.2) is 36.2 Å². The highest BCUT2D eigenvalue weighted by Crippen LogP contribution is 2.23. The lowest BCUT2D eigenvalue weighted by molar-refractivity contribution is 0.334. The lowest BCUT2D eigenvalue weighted by atomic mass is 10.4. The van der Waals surface area contributed by atoms with Crippen LogP contribution in [0.2, 0.25) is 0 Å². The normalized spacial score (nSPS) is 9.25. The molecular formula is C10H14N4O2. The molecule has 0 unspecified atom stereocenters. The van der Waals surface area contributed by atoms with E-state index in [-0.39, 0.29) is 0 Å². The number of fused-ring (bicyclic) bond motifs is 1. The van der Waals surface area contributed by atoms with Crippen LogP contribution in [0.15, 0.2) is 18.3 Å². The van der Waals surface area contributed by atoms with Gasteiger partial charge in [-0.2, -0.15) is 4.98 Å². The van der Waals surface area contributed by atoms with Crippen LogP contribution in [0.25, 0.3) is 11.2 Å². The van der Waals surface area contributed by atoms with E-state index >= 15 is 0 Å². The van der Waals surface area contributed by atoms with Gasteiger partial charge >= 0.3 is 0 Å². The fraction of sp³-hybridized carbons (Fsp3) is 0.300. The summed E-state index contributed by atoms with van der Waals surface area (Å²) in [6.45, 7) is 0. The van der Waals surface area contributed by atoms with Gasteiger partial charge in [0.05, 0.1) is 14.2 Å². The predicted molar refractivity (Wildman–Crippen MR) is 60.5 cm³/mol. The molecule has 0 saturated carbocycles. The summed E-state index contributed by atoms with van der Waals surface area (Å²) in [6.07, 6.45) is 1.66. The molecule has 6 heteroatoms. The van der Waals surface area contributed by atoms with Crippen molar-refractivity contribution in [3.63, 3.8) is 0 Å². The van der Waals surface area contributed by atoms with Gasteiger partial charge in [0.1, 0.15) is 5.52 Å². The first-order chi connectivity index (χ1) is 7.85. The second kappa shape index (κ2) is 5.82. The number of rotatable bonds is 2. The molecule has 0 aromatic carbocycles. The Labute approximate surface area is 93.4 Å². The average Bonchev–Trinajstić information content (AvgIpc) is 2.39. The van der Waals surface area contributed by atoms with Crippen LogP contribution in [0.4, 0.5) is 0 Å². The summed E-state index contributed by atoms with van der Waals surface area (Å²) in [5.41, 5.74) is 5.73. The highest BCUT2D eigenvalue weighted by molar-refractivity contribution is 5.70.